The molecule has 0 radical (unpaired) electrons. The maximum absolute atomic E-state index is 2.68. The van der Waals surface area contributed by atoms with Gasteiger partial charge >= 0.3 is 0 Å². The molecule has 0 atom stereocenters. The summed E-state index contributed by atoms with van der Waals surface area (Å²) in [4.78, 5) is 7.99. The highest BCUT2D eigenvalue weighted by Crippen LogP contribution is 2.23. The Morgan fingerprint density at radius 3 is 2.00 bits per heavy atom. The summed E-state index contributed by atoms with van der Waals surface area (Å²) in [6, 6.07) is 1.55. The summed E-state index contributed by atoms with van der Waals surface area (Å²) in [5.41, 5.74) is 0. The van der Waals surface area contributed by atoms with Crippen molar-refractivity contribution >= 4 is 0 Å². The lowest BCUT2D eigenvalue weighted by Gasteiger charge is -2.40. The van der Waals surface area contributed by atoms with E-state index in [1.165, 1.54) is 65.0 Å². The van der Waals surface area contributed by atoms with Crippen molar-refractivity contribution in [1.82, 2.24) is 14.7 Å². The predicted octanol–water partition coefficient (Wildman–Crippen LogP) is 3.16. The molecular weight excluding hydrogens is 270 g/mol. The van der Waals surface area contributed by atoms with Crippen LogP contribution in [0.15, 0.2) is 0 Å². The minimum Gasteiger partial charge on any atom is -0.303 e. The van der Waals surface area contributed by atoms with E-state index in [4.69, 9.17) is 0 Å². The summed E-state index contributed by atoms with van der Waals surface area (Å²) in [5, 5.41) is 0. The number of hydrogen-bond acceptors (Lipinski definition) is 3. The van der Waals surface area contributed by atoms with Crippen LogP contribution >= 0.6 is 0 Å². The van der Waals surface area contributed by atoms with E-state index in [0.717, 1.165) is 23.9 Å². The summed E-state index contributed by atoms with van der Waals surface area (Å²) < 4.78 is 0. The molecule has 2 fully saturated rings. The first-order chi connectivity index (χ1) is 10.5. The molecule has 0 amide bonds. The molecule has 0 unspecified atom stereocenters. The molecule has 3 heteroatoms. The van der Waals surface area contributed by atoms with Gasteiger partial charge in [-0.3, -0.25) is 0 Å². The molecule has 0 aromatic heterocycles. The Kier molecular flexibility index (Phi) is 7.17. The van der Waals surface area contributed by atoms with Crippen LogP contribution in [0.2, 0.25) is 0 Å². The Labute approximate surface area is 139 Å². The fraction of sp³-hybridized carbons (Fsp3) is 1.00. The van der Waals surface area contributed by atoms with Gasteiger partial charge in [-0.1, -0.05) is 13.8 Å². The maximum Gasteiger partial charge on any atom is 0.0117 e. The quantitative estimate of drug-likeness (QED) is 0.746. The van der Waals surface area contributed by atoms with Gasteiger partial charge in [0.15, 0.2) is 0 Å². The minimum absolute atomic E-state index is 0.726. The summed E-state index contributed by atoms with van der Waals surface area (Å²) in [6.07, 6.45) is 5.53. The van der Waals surface area contributed by atoms with Gasteiger partial charge < -0.3 is 14.7 Å². The average molecular weight is 310 g/mol. The number of nitrogens with zero attached hydrogens (tertiary/aromatic N) is 3. The normalized spacial score (nSPS) is 24.0. The zero-order valence-electron chi connectivity index (χ0n) is 15.7. The lowest BCUT2D eigenvalue weighted by molar-refractivity contribution is 0.0846. The molecule has 0 N–H and O–H groups in total. The summed E-state index contributed by atoms with van der Waals surface area (Å²) in [7, 11) is 2.37. The second kappa shape index (κ2) is 8.65. The molecule has 130 valence electrons. The van der Waals surface area contributed by atoms with Crippen LogP contribution in [-0.2, 0) is 0 Å². The van der Waals surface area contributed by atoms with Crippen molar-refractivity contribution in [2.24, 2.45) is 11.8 Å². The van der Waals surface area contributed by atoms with Crippen molar-refractivity contribution < 1.29 is 0 Å². The second-order valence-electron chi connectivity index (χ2n) is 8.44. The highest BCUT2D eigenvalue weighted by Gasteiger charge is 2.26. The van der Waals surface area contributed by atoms with Crippen molar-refractivity contribution in [3.63, 3.8) is 0 Å². The molecule has 0 bridgehead atoms. The van der Waals surface area contributed by atoms with Crippen LogP contribution in [0.25, 0.3) is 0 Å². The van der Waals surface area contributed by atoms with Crippen LogP contribution in [0.4, 0.5) is 0 Å². The van der Waals surface area contributed by atoms with E-state index < -0.39 is 0 Å². The van der Waals surface area contributed by atoms with Gasteiger partial charge in [0.05, 0.1) is 0 Å². The highest BCUT2D eigenvalue weighted by molar-refractivity contribution is 4.82. The smallest absolute Gasteiger partial charge is 0.0117 e. The van der Waals surface area contributed by atoms with E-state index >= 15 is 0 Å². The highest BCUT2D eigenvalue weighted by atomic mass is 15.2. The SMILES string of the molecule is CC(C)CN1CCC(N(C)CC2CCN(C(C)C)CC2)CC1. The van der Waals surface area contributed by atoms with Crippen LogP contribution in [0, 0.1) is 11.8 Å². The maximum atomic E-state index is 2.68. The average Bonchev–Trinajstić information content (AvgIpc) is 2.48. The molecule has 22 heavy (non-hydrogen) atoms. The van der Waals surface area contributed by atoms with Crippen molar-refractivity contribution in [2.45, 2.75) is 65.5 Å². The van der Waals surface area contributed by atoms with Crippen LogP contribution in [0.3, 0.4) is 0 Å². The van der Waals surface area contributed by atoms with Crippen molar-refractivity contribution in [3.05, 3.63) is 0 Å². The molecule has 2 aliphatic heterocycles. The Morgan fingerprint density at radius 2 is 1.50 bits per heavy atom. The summed E-state index contributed by atoms with van der Waals surface area (Å²) in [5.74, 6) is 1.73. The monoisotopic (exact) mass is 309 g/mol. The third kappa shape index (κ3) is 5.50. The van der Waals surface area contributed by atoms with Crippen LogP contribution < -0.4 is 0 Å². The third-order valence-corrected chi connectivity index (χ3v) is 5.73. The molecule has 2 heterocycles. The largest absolute Gasteiger partial charge is 0.303 e. The van der Waals surface area contributed by atoms with Crippen LogP contribution in [0.1, 0.15) is 53.4 Å². The van der Waals surface area contributed by atoms with Crippen molar-refractivity contribution in [3.8, 4) is 0 Å². The Bertz CT molecular complexity index is 300. The predicted molar refractivity (Wildman–Crippen MR) is 96.4 cm³/mol. The molecule has 2 aliphatic rings. The Hall–Kier alpha value is -0.120. The fourth-order valence-electron chi connectivity index (χ4n) is 4.27. The van der Waals surface area contributed by atoms with E-state index in [1.807, 2.05) is 0 Å². The van der Waals surface area contributed by atoms with E-state index in [-0.39, 0.29) is 0 Å². The van der Waals surface area contributed by atoms with E-state index in [1.54, 1.807) is 0 Å². The van der Waals surface area contributed by atoms with Gasteiger partial charge in [0.1, 0.15) is 0 Å². The second-order valence-corrected chi connectivity index (χ2v) is 8.44. The van der Waals surface area contributed by atoms with E-state index in [2.05, 4.69) is 49.4 Å². The van der Waals surface area contributed by atoms with Crippen molar-refractivity contribution in [1.29, 1.82) is 0 Å². The molecule has 0 saturated carbocycles. The first-order valence-corrected chi connectivity index (χ1v) is 9.62. The molecule has 0 aromatic carbocycles. The number of piperidine rings is 2. The van der Waals surface area contributed by atoms with Gasteiger partial charge in [-0.05, 0) is 84.6 Å². The number of hydrogen-bond donors (Lipinski definition) is 0. The molecule has 3 nitrogen and oxygen atoms in total. The molecule has 0 aliphatic carbocycles. The fourth-order valence-corrected chi connectivity index (χ4v) is 4.27. The van der Waals surface area contributed by atoms with Crippen molar-refractivity contribution in [2.75, 3.05) is 46.3 Å². The molecule has 2 rings (SSSR count). The summed E-state index contributed by atoms with van der Waals surface area (Å²) >= 11 is 0. The first kappa shape index (κ1) is 18.2. The standard InChI is InChI=1S/C19H39N3/c1-16(2)14-21-10-8-19(9-11-21)20(5)15-18-6-12-22(13-7-18)17(3)4/h16-19H,6-15H2,1-5H3. The third-order valence-electron chi connectivity index (χ3n) is 5.73. The van der Waals surface area contributed by atoms with Crippen LogP contribution in [-0.4, -0.2) is 73.1 Å². The van der Waals surface area contributed by atoms with E-state index in [9.17, 15) is 0 Å². The molecule has 0 aromatic rings. The lowest BCUT2D eigenvalue weighted by atomic mass is 9.94. The Morgan fingerprint density at radius 1 is 0.909 bits per heavy atom. The van der Waals surface area contributed by atoms with Gasteiger partial charge in [-0.25, -0.2) is 0 Å². The minimum atomic E-state index is 0.726. The van der Waals surface area contributed by atoms with Gasteiger partial charge in [0, 0.05) is 25.2 Å². The zero-order chi connectivity index (χ0) is 16.1. The molecule has 2 saturated heterocycles. The topological polar surface area (TPSA) is 9.72 Å². The lowest BCUT2D eigenvalue weighted by Crippen LogP contribution is -2.47. The van der Waals surface area contributed by atoms with Gasteiger partial charge in [-0.15, -0.1) is 0 Å². The van der Waals surface area contributed by atoms with Gasteiger partial charge in [-0.2, -0.15) is 0 Å². The number of rotatable bonds is 6. The molecular formula is C19H39N3. The van der Waals surface area contributed by atoms with Gasteiger partial charge in [0.2, 0.25) is 0 Å². The molecule has 0 spiro atoms. The van der Waals surface area contributed by atoms with E-state index in [0.29, 0.717) is 0 Å². The van der Waals surface area contributed by atoms with Gasteiger partial charge in [0.25, 0.3) is 0 Å². The number of likely N-dealkylation sites (tertiary alicyclic amines) is 2. The summed E-state index contributed by atoms with van der Waals surface area (Å²) in [6.45, 7) is 17.2. The zero-order valence-corrected chi connectivity index (χ0v) is 15.7. The van der Waals surface area contributed by atoms with Crippen LogP contribution in [0.5, 0.6) is 0 Å². The first-order valence-electron chi connectivity index (χ1n) is 9.62. The Balaban J connectivity index is 1.67.